The molecule has 0 saturated heterocycles. The van der Waals surface area contributed by atoms with Gasteiger partial charge in [-0.1, -0.05) is 24.3 Å². The lowest BCUT2D eigenvalue weighted by Gasteiger charge is -2.50. The normalized spacial score (nSPS) is 42.8. The van der Waals surface area contributed by atoms with Gasteiger partial charge in [-0.05, 0) is 18.3 Å². The third-order valence-electron chi connectivity index (χ3n) is 4.35. The number of ether oxygens (including phenoxy) is 2. The number of methoxy groups -OCH3 is 2. The lowest BCUT2D eigenvalue weighted by atomic mass is 9.60. The minimum atomic E-state index is -1.04. The zero-order chi connectivity index (χ0) is 11.3. The predicted octanol–water partition coefficient (Wildman–Crippen LogP) is 1.55. The van der Waals surface area contributed by atoms with Crippen LogP contribution in [0.25, 0.3) is 0 Å². The molecule has 4 aliphatic rings. The highest BCUT2D eigenvalue weighted by atomic mass is 16.7. The molecular formula is C13H16O3. The van der Waals surface area contributed by atoms with Crippen molar-refractivity contribution in [1.82, 2.24) is 0 Å². The summed E-state index contributed by atoms with van der Waals surface area (Å²) in [7, 11) is 3.13. The highest BCUT2D eigenvalue weighted by molar-refractivity contribution is 5.93. The van der Waals surface area contributed by atoms with E-state index in [0.717, 1.165) is 6.42 Å². The van der Waals surface area contributed by atoms with Crippen LogP contribution in [0.1, 0.15) is 6.42 Å². The van der Waals surface area contributed by atoms with Crippen molar-refractivity contribution >= 4 is 5.78 Å². The van der Waals surface area contributed by atoms with Crippen LogP contribution in [-0.2, 0) is 14.3 Å². The van der Waals surface area contributed by atoms with Gasteiger partial charge < -0.3 is 9.47 Å². The molecule has 4 rings (SSSR count). The first-order valence-corrected chi connectivity index (χ1v) is 5.74. The van der Waals surface area contributed by atoms with Crippen molar-refractivity contribution in [3.63, 3.8) is 0 Å². The summed E-state index contributed by atoms with van der Waals surface area (Å²) in [6, 6.07) is 0. The Morgan fingerprint density at radius 3 is 2.69 bits per heavy atom. The standard InChI is InChI=1S/C13H16O3/c1-15-13(16-2)11-7-6-10(12(13)14)8-4-3-5-9(8)11/h3-4,6-11H,5H2,1-2H3/t8-,9+,10+,11+/m1/s1. The number of allylic oxidation sites excluding steroid dienone is 3. The molecule has 0 heterocycles. The number of rotatable bonds is 2. The summed E-state index contributed by atoms with van der Waals surface area (Å²) in [5, 5.41) is 0. The second kappa shape index (κ2) is 3.28. The molecule has 3 heteroatoms. The van der Waals surface area contributed by atoms with Crippen LogP contribution in [0.5, 0.6) is 0 Å². The molecule has 0 aromatic heterocycles. The van der Waals surface area contributed by atoms with E-state index in [4.69, 9.17) is 9.47 Å². The van der Waals surface area contributed by atoms with Crippen molar-refractivity contribution < 1.29 is 14.3 Å². The van der Waals surface area contributed by atoms with Gasteiger partial charge in [-0.25, -0.2) is 0 Å². The summed E-state index contributed by atoms with van der Waals surface area (Å²) >= 11 is 0. The van der Waals surface area contributed by atoms with Crippen LogP contribution < -0.4 is 0 Å². The average Bonchev–Trinajstić information content (AvgIpc) is 2.80. The maximum Gasteiger partial charge on any atom is 0.235 e. The van der Waals surface area contributed by atoms with E-state index in [-0.39, 0.29) is 17.6 Å². The molecule has 0 aromatic rings. The largest absolute Gasteiger partial charge is 0.347 e. The van der Waals surface area contributed by atoms with Crippen LogP contribution in [0.3, 0.4) is 0 Å². The Labute approximate surface area is 95.1 Å². The van der Waals surface area contributed by atoms with Gasteiger partial charge in [0.25, 0.3) is 0 Å². The van der Waals surface area contributed by atoms with Gasteiger partial charge in [0.05, 0.1) is 0 Å². The molecule has 4 atom stereocenters. The van der Waals surface area contributed by atoms with Crippen LogP contribution in [0.4, 0.5) is 0 Å². The second-order valence-electron chi connectivity index (χ2n) is 4.78. The topological polar surface area (TPSA) is 35.5 Å². The quantitative estimate of drug-likeness (QED) is 0.523. The fourth-order valence-corrected chi connectivity index (χ4v) is 3.60. The molecule has 16 heavy (non-hydrogen) atoms. The van der Waals surface area contributed by atoms with Crippen LogP contribution in [0.15, 0.2) is 24.3 Å². The van der Waals surface area contributed by atoms with Gasteiger partial charge in [0.15, 0.2) is 5.78 Å². The summed E-state index contributed by atoms with van der Waals surface area (Å²) in [6.07, 6.45) is 9.52. The molecule has 0 aliphatic heterocycles. The molecule has 0 aromatic carbocycles. The van der Waals surface area contributed by atoms with Crippen molar-refractivity contribution in [1.29, 1.82) is 0 Å². The van der Waals surface area contributed by atoms with Gasteiger partial charge in [0.2, 0.25) is 5.79 Å². The van der Waals surface area contributed by atoms with E-state index in [1.807, 2.05) is 6.08 Å². The van der Waals surface area contributed by atoms with E-state index in [0.29, 0.717) is 11.8 Å². The molecule has 2 bridgehead atoms. The Bertz CT molecular complexity index is 379. The molecule has 4 aliphatic carbocycles. The van der Waals surface area contributed by atoms with E-state index in [1.54, 1.807) is 14.2 Å². The summed E-state index contributed by atoms with van der Waals surface area (Å²) in [6.45, 7) is 0. The molecule has 0 amide bonds. The van der Waals surface area contributed by atoms with Gasteiger partial charge >= 0.3 is 0 Å². The Hall–Kier alpha value is -0.930. The van der Waals surface area contributed by atoms with E-state index in [1.165, 1.54) is 0 Å². The lowest BCUT2D eigenvalue weighted by Crippen LogP contribution is -2.61. The number of Topliss-reactive ketones (excluding diaryl/α,β-unsaturated/α-hetero) is 1. The van der Waals surface area contributed by atoms with Crippen molar-refractivity contribution in [2.75, 3.05) is 14.2 Å². The maximum absolute atomic E-state index is 12.4. The first-order valence-electron chi connectivity index (χ1n) is 5.74. The molecule has 86 valence electrons. The number of carbonyl (C=O) groups excluding carboxylic acids is 1. The minimum Gasteiger partial charge on any atom is -0.347 e. The van der Waals surface area contributed by atoms with Crippen molar-refractivity contribution in [3.8, 4) is 0 Å². The molecule has 1 fully saturated rings. The van der Waals surface area contributed by atoms with E-state index >= 15 is 0 Å². The SMILES string of the molecule is COC1(OC)C(=O)[C@H]2C=C[C@H]1[C@H]1CC=C[C@H]12. The second-order valence-corrected chi connectivity index (χ2v) is 4.78. The van der Waals surface area contributed by atoms with Gasteiger partial charge in [0.1, 0.15) is 0 Å². The first kappa shape index (κ1) is 10.2. The highest BCUT2D eigenvalue weighted by Gasteiger charge is 2.61. The predicted molar refractivity (Wildman–Crippen MR) is 58.6 cm³/mol. The smallest absolute Gasteiger partial charge is 0.235 e. The Morgan fingerprint density at radius 2 is 2.00 bits per heavy atom. The molecule has 0 radical (unpaired) electrons. The Kier molecular flexibility index (Phi) is 2.10. The van der Waals surface area contributed by atoms with Crippen molar-refractivity contribution in [2.45, 2.75) is 12.2 Å². The number of hydrogen-bond donors (Lipinski definition) is 0. The van der Waals surface area contributed by atoms with Crippen molar-refractivity contribution in [3.05, 3.63) is 24.3 Å². The van der Waals surface area contributed by atoms with Crippen LogP contribution in [0, 0.1) is 23.7 Å². The fraction of sp³-hybridized carbons (Fsp3) is 0.615. The molecule has 0 spiro atoms. The zero-order valence-electron chi connectivity index (χ0n) is 9.55. The molecular weight excluding hydrogens is 204 g/mol. The number of carbonyl (C=O) groups is 1. The maximum atomic E-state index is 12.4. The minimum absolute atomic E-state index is 0.0556. The molecule has 1 saturated carbocycles. The Balaban J connectivity index is 2.08. The van der Waals surface area contributed by atoms with Gasteiger partial charge in [-0.3, -0.25) is 4.79 Å². The van der Waals surface area contributed by atoms with Crippen LogP contribution in [0.2, 0.25) is 0 Å². The zero-order valence-corrected chi connectivity index (χ0v) is 9.55. The number of ketones is 1. The van der Waals surface area contributed by atoms with E-state index in [2.05, 4.69) is 18.2 Å². The first-order chi connectivity index (χ1) is 7.74. The van der Waals surface area contributed by atoms with Gasteiger partial charge in [-0.15, -0.1) is 0 Å². The third-order valence-corrected chi connectivity index (χ3v) is 4.35. The van der Waals surface area contributed by atoms with E-state index < -0.39 is 5.79 Å². The molecule has 0 unspecified atom stereocenters. The van der Waals surface area contributed by atoms with Gasteiger partial charge in [-0.2, -0.15) is 0 Å². The Morgan fingerprint density at radius 1 is 1.25 bits per heavy atom. The van der Waals surface area contributed by atoms with Crippen molar-refractivity contribution in [2.24, 2.45) is 23.7 Å². The molecule has 3 nitrogen and oxygen atoms in total. The summed E-state index contributed by atoms with van der Waals surface area (Å²) in [5.74, 6) is -0.132. The van der Waals surface area contributed by atoms with E-state index in [9.17, 15) is 4.79 Å². The monoisotopic (exact) mass is 220 g/mol. The van der Waals surface area contributed by atoms with Crippen LogP contribution >= 0.6 is 0 Å². The number of fused-ring (bicyclic) bond motifs is 1. The third kappa shape index (κ3) is 0.980. The van der Waals surface area contributed by atoms with Crippen LogP contribution in [-0.4, -0.2) is 25.8 Å². The lowest BCUT2D eigenvalue weighted by molar-refractivity contribution is -0.246. The van der Waals surface area contributed by atoms with Gasteiger partial charge in [0, 0.05) is 26.1 Å². The summed E-state index contributed by atoms with van der Waals surface area (Å²) in [4.78, 5) is 12.4. The number of hydrogen-bond acceptors (Lipinski definition) is 3. The summed E-state index contributed by atoms with van der Waals surface area (Å²) < 4.78 is 10.9. The highest BCUT2D eigenvalue weighted by Crippen LogP contribution is 2.53. The molecule has 0 N–H and O–H groups in total. The summed E-state index contributed by atoms with van der Waals surface area (Å²) in [5.41, 5.74) is 0. The fourth-order valence-electron chi connectivity index (χ4n) is 3.60. The average molecular weight is 220 g/mol.